The first-order chi connectivity index (χ1) is 9.01. The monoisotopic (exact) mass is 286 g/mol. The van der Waals surface area contributed by atoms with E-state index in [2.05, 4.69) is 15.5 Å². The lowest BCUT2D eigenvalue weighted by molar-refractivity contribution is -0.133. The van der Waals surface area contributed by atoms with Crippen LogP contribution >= 0.6 is 11.8 Å². The number of nitrogens with zero attached hydrogens (tertiary/aromatic N) is 3. The van der Waals surface area contributed by atoms with Crippen molar-refractivity contribution < 1.29 is 14.7 Å². The fraction of sp³-hybridized carbons (Fsp3) is 0.636. The van der Waals surface area contributed by atoms with E-state index in [0.29, 0.717) is 17.4 Å². The zero-order valence-electron chi connectivity index (χ0n) is 11.2. The van der Waals surface area contributed by atoms with Gasteiger partial charge in [-0.25, -0.2) is 0 Å². The van der Waals surface area contributed by atoms with Crippen molar-refractivity contribution in [1.29, 1.82) is 0 Å². The van der Waals surface area contributed by atoms with Crippen LogP contribution < -0.4 is 5.32 Å². The number of carbonyl (C=O) groups is 2. The first-order valence-corrected chi connectivity index (χ1v) is 6.99. The van der Waals surface area contributed by atoms with Crippen LogP contribution in [-0.4, -0.2) is 44.5 Å². The molecule has 1 aromatic rings. The van der Waals surface area contributed by atoms with Gasteiger partial charge in [-0.15, -0.1) is 10.2 Å². The number of carbonyl (C=O) groups excluding carboxylic acids is 1. The van der Waals surface area contributed by atoms with E-state index in [4.69, 9.17) is 5.11 Å². The van der Waals surface area contributed by atoms with E-state index in [-0.39, 0.29) is 11.7 Å². The molecule has 0 aliphatic heterocycles. The number of carboxylic acid groups (broad SMARTS) is 1. The summed E-state index contributed by atoms with van der Waals surface area (Å²) in [6.45, 7) is 3.75. The lowest BCUT2D eigenvalue weighted by Crippen LogP contribution is -2.29. The van der Waals surface area contributed by atoms with Gasteiger partial charge >= 0.3 is 5.97 Å². The van der Waals surface area contributed by atoms with Gasteiger partial charge in [-0.3, -0.25) is 14.2 Å². The molecule has 19 heavy (non-hydrogen) atoms. The number of thioether (sulfide) groups is 1. The summed E-state index contributed by atoms with van der Waals surface area (Å²) in [5, 5.41) is 19.8. The van der Waals surface area contributed by atoms with Crippen LogP contribution in [0.5, 0.6) is 0 Å². The summed E-state index contributed by atoms with van der Waals surface area (Å²) in [6.07, 6.45) is 1.57. The molecule has 2 N–H and O–H groups in total. The molecule has 7 nitrogen and oxygen atoms in total. The molecule has 1 atom stereocenters. The standard InChI is InChI=1S/C11H18N4O3S/c1-4-5-8-13-14-11(19-6-9(16)17)15(8)7(2)10(18)12-3/h7H,4-6H2,1-3H3,(H,12,18)(H,16,17). The third kappa shape index (κ3) is 3.95. The maximum atomic E-state index is 11.7. The smallest absolute Gasteiger partial charge is 0.313 e. The normalized spacial score (nSPS) is 12.2. The molecule has 0 fully saturated rings. The number of rotatable bonds is 7. The summed E-state index contributed by atoms with van der Waals surface area (Å²) in [6, 6.07) is -0.460. The van der Waals surface area contributed by atoms with E-state index in [1.165, 1.54) is 0 Å². The molecule has 0 radical (unpaired) electrons. The summed E-state index contributed by atoms with van der Waals surface area (Å²) in [4.78, 5) is 22.4. The van der Waals surface area contributed by atoms with Gasteiger partial charge in [-0.05, 0) is 13.3 Å². The van der Waals surface area contributed by atoms with Gasteiger partial charge in [0.15, 0.2) is 5.16 Å². The highest BCUT2D eigenvalue weighted by Gasteiger charge is 2.22. The molecule has 0 saturated carbocycles. The van der Waals surface area contributed by atoms with Crippen LogP contribution in [0.15, 0.2) is 5.16 Å². The molecule has 106 valence electrons. The Morgan fingerprint density at radius 3 is 2.68 bits per heavy atom. The molecule has 1 amide bonds. The molecular weight excluding hydrogens is 268 g/mol. The van der Waals surface area contributed by atoms with Crippen LogP contribution in [0.3, 0.4) is 0 Å². The van der Waals surface area contributed by atoms with Crippen LogP contribution in [0.2, 0.25) is 0 Å². The summed E-state index contributed by atoms with van der Waals surface area (Å²) in [7, 11) is 1.56. The van der Waals surface area contributed by atoms with E-state index < -0.39 is 12.0 Å². The fourth-order valence-corrected chi connectivity index (χ4v) is 2.40. The number of amides is 1. The molecule has 0 aromatic carbocycles. The van der Waals surface area contributed by atoms with Gasteiger partial charge in [0, 0.05) is 13.5 Å². The van der Waals surface area contributed by atoms with Crippen LogP contribution in [0, 0.1) is 0 Å². The third-order valence-corrected chi connectivity index (χ3v) is 3.47. The summed E-state index contributed by atoms with van der Waals surface area (Å²) in [5.41, 5.74) is 0. The summed E-state index contributed by atoms with van der Waals surface area (Å²) in [5.74, 6) is -0.491. The first kappa shape index (κ1) is 15.5. The average molecular weight is 286 g/mol. The van der Waals surface area contributed by atoms with Crippen LogP contribution in [0.4, 0.5) is 0 Å². The van der Waals surface area contributed by atoms with Gasteiger partial charge in [-0.1, -0.05) is 18.7 Å². The van der Waals surface area contributed by atoms with Gasteiger partial charge in [0.25, 0.3) is 0 Å². The molecule has 8 heteroatoms. The quantitative estimate of drug-likeness (QED) is 0.717. The Bertz CT molecular complexity index is 461. The number of hydrogen-bond acceptors (Lipinski definition) is 5. The van der Waals surface area contributed by atoms with E-state index in [1.807, 2.05) is 6.92 Å². The Labute approximate surface area is 115 Å². The van der Waals surface area contributed by atoms with Crippen molar-refractivity contribution in [1.82, 2.24) is 20.1 Å². The largest absolute Gasteiger partial charge is 0.481 e. The maximum Gasteiger partial charge on any atom is 0.313 e. The van der Waals surface area contributed by atoms with Gasteiger partial charge < -0.3 is 10.4 Å². The molecule has 0 spiro atoms. The predicted molar refractivity (Wildman–Crippen MR) is 71.2 cm³/mol. The van der Waals surface area contributed by atoms with Crippen LogP contribution in [-0.2, 0) is 16.0 Å². The molecule has 0 aliphatic carbocycles. The minimum atomic E-state index is -0.927. The third-order valence-electron chi connectivity index (χ3n) is 2.55. The minimum Gasteiger partial charge on any atom is -0.481 e. The molecule has 1 unspecified atom stereocenters. The lowest BCUT2D eigenvalue weighted by atomic mass is 10.2. The van der Waals surface area contributed by atoms with Crippen molar-refractivity contribution in [3.8, 4) is 0 Å². The van der Waals surface area contributed by atoms with E-state index in [0.717, 1.165) is 18.2 Å². The molecular formula is C11H18N4O3S. The second-order valence-corrected chi connectivity index (χ2v) is 4.93. The Hall–Kier alpha value is -1.57. The first-order valence-electron chi connectivity index (χ1n) is 6.01. The number of aliphatic carboxylic acids is 1. The van der Waals surface area contributed by atoms with Crippen molar-refractivity contribution in [3.63, 3.8) is 0 Å². The molecule has 0 bridgehead atoms. The molecule has 0 aliphatic rings. The van der Waals surface area contributed by atoms with Gasteiger partial charge in [0.05, 0.1) is 5.75 Å². The van der Waals surface area contributed by atoms with Crippen molar-refractivity contribution in [2.24, 2.45) is 0 Å². The van der Waals surface area contributed by atoms with Crippen LogP contribution in [0.25, 0.3) is 0 Å². The number of carboxylic acids is 1. The Kier molecular flexibility index (Phi) is 5.81. The second kappa shape index (κ2) is 7.13. The average Bonchev–Trinajstić information content (AvgIpc) is 2.78. The van der Waals surface area contributed by atoms with Gasteiger partial charge in [-0.2, -0.15) is 0 Å². The lowest BCUT2D eigenvalue weighted by Gasteiger charge is -2.16. The van der Waals surface area contributed by atoms with Gasteiger partial charge in [0.2, 0.25) is 5.91 Å². The Morgan fingerprint density at radius 1 is 1.47 bits per heavy atom. The number of aryl methyl sites for hydroxylation is 1. The molecule has 0 saturated heterocycles. The molecule has 1 rings (SSSR count). The SMILES string of the molecule is CCCc1nnc(SCC(=O)O)n1C(C)C(=O)NC. The molecule has 1 heterocycles. The topological polar surface area (TPSA) is 97.1 Å². The maximum absolute atomic E-state index is 11.7. The van der Waals surface area contributed by atoms with Crippen molar-refractivity contribution >= 4 is 23.6 Å². The van der Waals surface area contributed by atoms with Crippen molar-refractivity contribution in [2.45, 2.75) is 37.9 Å². The minimum absolute atomic E-state index is 0.106. The highest BCUT2D eigenvalue weighted by Crippen LogP contribution is 2.22. The van der Waals surface area contributed by atoms with Crippen LogP contribution in [0.1, 0.15) is 32.1 Å². The summed E-state index contributed by atoms with van der Waals surface area (Å²) >= 11 is 1.07. The zero-order valence-corrected chi connectivity index (χ0v) is 12.0. The number of hydrogen-bond donors (Lipinski definition) is 2. The predicted octanol–water partition coefficient (Wildman–Crippen LogP) is 0.714. The van der Waals surface area contributed by atoms with Crippen molar-refractivity contribution in [3.05, 3.63) is 5.82 Å². The molecule has 1 aromatic heterocycles. The highest BCUT2D eigenvalue weighted by molar-refractivity contribution is 7.99. The Morgan fingerprint density at radius 2 is 2.16 bits per heavy atom. The zero-order chi connectivity index (χ0) is 14.4. The fourth-order valence-electron chi connectivity index (χ4n) is 1.64. The number of nitrogens with one attached hydrogen (secondary N) is 1. The van der Waals surface area contributed by atoms with Crippen molar-refractivity contribution in [2.75, 3.05) is 12.8 Å². The number of aromatic nitrogens is 3. The van der Waals surface area contributed by atoms with E-state index in [9.17, 15) is 9.59 Å². The van der Waals surface area contributed by atoms with E-state index in [1.54, 1.807) is 18.5 Å². The summed E-state index contributed by atoms with van der Waals surface area (Å²) < 4.78 is 1.70. The number of likely N-dealkylation sites (N-methyl/N-ethyl adjacent to an activating group) is 1. The second-order valence-electron chi connectivity index (χ2n) is 3.99. The van der Waals surface area contributed by atoms with E-state index >= 15 is 0 Å². The Balaban J connectivity index is 3.03. The van der Waals surface area contributed by atoms with Gasteiger partial charge in [0.1, 0.15) is 11.9 Å². The highest BCUT2D eigenvalue weighted by atomic mass is 32.2.